The second kappa shape index (κ2) is 8.29. The predicted molar refractivity (Wildman–Crippen MR) is 110 cm³/mol. The average molecular weight is 368 g/mol. The molecule has 0 unspecified atom stereocenters. The lowest BCUT2D eigenvalue weighted by Crippen LogP contribution is -1.92. The SMILES string of the molecule is c1ccc(-c2cccnc2-c2ccccn2)nc1.c1ccc2scnc2c1. The fraction of sp³-hybridized carbons (Fsp3) is 0. The molecule has 0 bridgehead atoms. The van der Waals surface area contributed by atoms with Gasteiger partial charge in [-0.2, -0.15) is 0 Å². The summed E-state index contributed by atoms with van der Waals surface area (Å²) >= 11 is 1.68. The third kappa shape index (κ3) is 4.04. The Bertz CT molecular complexity index is 1040. The van der Waals surface area contributed by atoms with Crippen molar-refractivity contribution < 1.29 is 0 Å². The number of rotatable bonds is 2. The molecule has 130 valence electrons. The van der Waals surface area contributed by atoms with Crippen molar-refractivity contribution in [2.45, 2.75) is 0 Å². The molecule has 0 atom stereocenters. The van der Waals surface area contributed by atoms with E-state index in [9.17, 15) is 0 Å². The molecule has 0 aliphatic rings. The lowest BCUT2D eigenvalue weighted by Gasteiger charge is -2.06. The fourth-order valence-corrected chi connectivity index (χ4v) is 3.32. The van der Waals surface area contributed by atoms with Crippen molar-refractivity contribution in [1.29, 1.82) is 0 Å². The molecule has 4 nitrogen and oxygen atoms in total. The number of hydrogen-bond donors (Lipinski definition) is 0. The van der Waals surface area contributed by atoms with Crippen LogP contribution in [-0.4, -0.2) is 19.9 Å². The second-order valence-electron chi connectivity index (χ2n) is 5.65. The van der Waals surface area contributed by atoms with Crippen LogP contribution in [-0.2, 0) is 0 Å². The molecule has 0 spiro atoms. The maximum atomic E-state index is 4.42. The Hall–Kier alpha value is -3.44. The first-order valence-electron chi connectivity index (χ1n) is 8.48. The maximum absolute atomic E-state index is 4.42. The molecule has 0 saturated carbocycles. The number of pyridine rings is 3. The van der Waals surface area contributed by atoms with E-state index in [4.69, 9.17) is 0 Å². The molecule has 0 N–H and O–H groups in total. The van der Waals surface area contributed by atoms with E-state index in [1.165, 1.54) is 4.70 Å². The summed E-state index contributed by atoms with van der Waals surface area (Å²) < 4.78 is 1.26. The van der Waals surface area contributed by atoms with Crippen LogP contribution in [0, 0.1) is 0 Å². The van der Waals surface area contributed by atoms with Crippen molar-refractivity contribution >= 4 is 21.6 Å². The number of thiazole rings is 1. The Labute approximate surface area is 161 Å². The summed E-state index contributed by atoms with van der Waals surface area (Å²) in [5, 5.41) is 0. The molecule has 0 aliphatic heterocycles. The topological polar surface area (TPSA) is 51.6 Å². The van der Waals surface area contributed by atoms with E-state index in [0.29, 0.717) is 0 Å². The summed E-state index contributed by atoms with van der Waals surface area (Å²) in [6.07, 6.45) is 5.33. The third-order valence-corrected chi connectivity index (χ3v) is 4.70. The monoisotopic (exact) mass is 368 g/mol. The molecule has 0 amide bonds. The Balaban J connectivity index is 0.000000167. The summed E-state index contributed by atoms with van der Waals surface area (Å²) in [5.74, 6) is 0. The summed E-state index contributed by atoms with van der Waals surface area (Å²) in [7, 11) is 0. The maximum Gasteiger partial charge on any atom is 0.0980 e. The van der Waals surface area contributed by atoms with E-state index in [0.717, 1.165) is 28.2 Å². The van der Waals surface area contributed by atoms with Gasteiger partial charge in [0.1, 0.15) is 0 Å². The summed E-state index contributed by atoms with van der Waals surface area (Å²) in [4.78, 5) is 17.3. The molecule has 27 heavy (non-hydrogen) atoms. The Morgan fingerprint density at radius 3 is 2.00 bits per heavy atom. The lowest BCUT2D eigenvalue weighted by atomic mass is 10.1. The highest BCUT2D eigenvalue weighted by atomic mass is 32.1. The predicted octanol–water partition coefficient (Wildman–Crippen LogP) is 5.50. The van der Waals surface area contributed by atoms with Gasteiger partial charge in [-0.1, -0.05) is 24.3 Å². The van der Waals surface area contributed by atoms with Crippen LogP contribution in [0.2, 0.25) is 0 Å². The van der Waals surface area contributed by atoms with Gasteiger partial charge in [-0.3, -0.25) is 15.0 Å². The Morgan fingerprint density at radius 2 is 1.26 bits per heavy atom. The van der Waals surface area contributed by atoms with E-state index in [-0.39, 0.29) is 0 Å². The van der Waals surface area contributed by atoms with Crippen molar-refractivity contribution in [2.24, 2.45) is 0 Å². The number of para-hydroxylation sites is 1. The van der Waals surface area contributed by atoms with Crippen LogP contribution in [0.5, 0.6) is 0 Å². The molecule has 1 aromatic carbocycles. The largest absolute Gasteiger partial charge is 0.256 e. The van der Waals surface area contributed by atoms with Crippen LogP contribution in [0.15, 0.2) is 96.9 Å². The van der Waals surface area contributed by atoms with Gasteiger partial charge in [-0.25, -0.2) is 4.98 Å². The number of nitrogens with zero attached hydrogens (tertiary/aromatic N) is 4. The first kappa shape index (κ1) is 17.0. The third-order valence-electron chi connectivity index (χ3n) is 3.89. The number of hydrogen-bond acceptors (Lipinski definition) is 5. The minimum Gasteiger partial charge on any atom is -0.256 e. The zero-order chi connectivity index (χ0) is 18.3. The van der Waals surface area contributed by atoms with Crippen LogP contribution >= 0.6 is 11.3 Å². The smallest absolute Gasteiger partial charge is 0.0980 e. The molecular weight excluding hydrogens is 352 g/mol. The summed E-state index contributed by atoms with van der Waals surface area (Å²) in [6.45, 7) is 0. The van der Waals surface area contributed by atoms with E-state index >= 15 is 0 Å². The molecule has 0 aliphatic carbocycles. The fourth-order valence-electron chi connectivity index (χ4n) is 2.64. The minimum atomic E-state index is 0.858. The van der Waals surface area contributed by atoms with Crippen molar-refractivity contribution in [1.82, 2.24) is 19.9 Å². The molecular formula is C22H16N4S. The normalized spacial score (nSPS) is 10.2. The van der Waals surface area contributed by atoms with Gasteiger partial charge in [0.25, 0.3) is 0 Å². The van der Waals surface area contributed by atoms with Crippen molar-refractivity contribution in [3.8, 4) is 22.6 Å². The summed E-state index contributed by atoms with van der Waals surface area (Å²) in [6, 6.07) is 23.7. The lowest BCUT2D eigenvalue weighted by molar-refractivity contribution is 1.23. The zero-order valence-corrected chi connectivity index (χ0v) is 15.3. The van der Waals surface area contributed by atoms with Crippen molar-refractivity contribution in [3.63, 3.8) is 0 Å². The molecule has 4 aromatic heterocycles. The number of benzene rings is 1. The molecule has 0 fully saturated rings. The van der Waals surface area contributed by atoms with Gasteiger partial charge in [0.2, 0.25) is 0 Å². The molecule has 5 aromatic rings. The van der Waals surface area contributed by atoms with Crippen LogP contribution < -0.4 is 0 Å². The second-order valence-corrected chi connectivity index (χ2v) is 6.54. The van der Waals surface area contributed by atoms with Crippen molar-refractivity contribution in [3.05, 3.63) is 96.9 Å². The number of aromatic nitrogens is 4. The van der Waals surface area contributed by atoms with Crippen LogP contribution in [0.1, 0.15) is 0 Å². The van der Waals surface area contributed by atoms with Gasteiger partial charge in [0.05, 0.1) is 32.8 Å². The average Bonchev–Trinajstić information content (AvgIpc) is 3.24. The first-order valence-corrected chi connectivity index (χ1v) is 9.36. The molecule has 5 rings (SSSR count). The minimum absolute atomic E-state index is 0.858. The van der Waals surface area contributed by atoms with Crippen LogP contribution in [0.25, 0.3) is 32.9 Å². The highest BCUT2D eigenvalue weighted by Gasteiger charge is 2.09. The molecule has 0 radical (unpaired) electrons. The van der Waals surface area contributed by atoms with Crippen LogP contribution in [0.4, 0.5) is 0 Å². The Morgan fingerprint density at radius 1 is 0.556 bits per heavy atom. The van der Waals surface area contributed by atoms with E-state index in [1.807, 2.05) is 72.2 Å². The standard InChI is InChI=1S/C15H11N3.C7H5NS/c1-3-9-16-13(7-1)12-6-5-11-18-15(12)14-8-2-4-10-17-14;1-2-4-7-6(3-1)8-5-9-7/h1-11H;1-5H. The Kier molecular flexibility index (Phi) is 5.22. The van der Waals surface area contributed by atoms with Crippen molar-refractivity contribution in [2.75, 3.05) is 0 Å². The van der Waals surface area contributed by atoms with Gasteiger partial charge in [-0.15, -0.1) is 11.3 Å². The molecule has 0 saturated heterocycles. The van der Waals surface area contributed by atoms with E-state index < -0.39 is 0 Å². The molecule has 5 heteroatoms. The molecule has 4 heterocycles. The highest BCUT2D eigenvalue weighted by molar-refractivity contribution is 7.16. The summed E-state index contributed by atoms with van der Waals surface area (Å²) in [5.41, 5.74) is 6.59. The van der Waals surface area contributed by atoms with Crippen LogP contribution in [0.3, 0.4) is 0 Å². The van der Waals surface area contributed by atoms with Gasteiger partial charge in [-0.05, 0) is 48.5 Å². The van der Waals surface area contributed by atoms with E-state index in [2.05, 4.69) is 26.0 Å². The first-order chi connectivity index (χ1) is 13.4. The quantitative estimate of drug-likeness (QED) is 0.413. The number of fused-ring (bicyclic) bond motifs is 1. The van der Waals surface area contributed by atoms with Gasteiger partial charge in [0, 0.05) is 24.2 Å². The highest BCUT2D eigenvalue weighted by Crippen LogP contribution is 2.26. The van der Waals surface area contributed by atoms with Gasteiger partial charge < -0.3 is 0 Å². The van der Waals surface area contributed by atoms with Gasteiger partial charge >= 0.3 is 0 Å². The van der Waals surface area contributed by atoms with Gasteiger partial charge in [0.15, 0.2) is 0 Å². The zero-order valence-electron chi connectivity index (χ0n) is 14.4. The van der Waals surface area contributed by atoms with E-state index in [1.54, 1.807) is 29.9 Å².